The fourth-order valence-electron chi connectivity index (χ4n) is 2.69. The van der Waals surface area contributed by atoms with Gasteiger partial charge >= 0.3 is 0 Å². The molecule has 1 heterocycles. The molecule has 0 aliphatic heterocycles. The van der Waals surface area contributed by atoms with Crippen LogP contribution < -0.4 is 0 Å². The number of furan rings is 1. The summed E-state index contributed by atoms with van der Waals surface area (Å²) < 4.78 is 5.83. The third-order valence-corrected chi connectivity index (χ3v) is 3.79. The summed E-state index contributed by atoms with van der Waals surface area (Å²) in [6.45, 7) is 0. The van der Waals surface area contributed by atoms with E-state index >= 15 is 0 Å². The quantitative estimate of drug-likeness (QED) is 0.450. The van der Waals surface area contributed by atoms with Crippen LogP contribution in [0.1, 0.15) is 0 Å². The second-order valence-corrected chi connectivity index (χ2v) is 5.20. The Hall–Kier alpha value is -3.00. The van der Waals surface area contributed by atoms with Crippen LogP contribution in [0.15, 0.2) is 83.3 Å². The summed E-state index contributed by atoms with van der Waals surface area (Å²) in [6, 6.07) is 24.9. The predicted molar refractivity (Wildman–Crippen MR) is 87.2 cm³/mol. The van der Waals surface area contributed by atoms with Crippen molar-refractivity contribution in [2.24, 2.45) is 0 Å². The molecule has 4 aromatic rings. The Kier molecular flexibility index (Phi) is 2.94. The van der Waals surface area contributed by atoms with E-state index in [2.05, 4.69) is 0 Å². The van der Waals surface area contributed by atoms with Crippen LogP contribution in [0.5, 0.6) is 5.75 Å². The Bertz CT molecular complexity index is 903. The van der Waals surface area contributed by atoms with E-state index in [9.17, 15) is 5.11 Å². The lowest BCUT2D eigenvalue weighted by molar-refractivity contribution is 0.357. The molecule has 1 radical (unpaired) electrons. The maximum absolute atomic E-state index is 12.8. The summed E-state index contributed by atoms with van der Waals surface area (Å²) in [4.78, 5) is 0. The molecule has 0 amide bonds. The van der Waals surface area contributed by atoms with Gasteiger partial charge in [0.05, 0.1) is 5.56 Å². The number of hydrogen-bond acceptors (Lipinski definition) is 1. The normalized spacial score (nSPS) is 10.9. The molecule has 0 aliphatic rings. The molecule has 0 atom stereocenters. The van der Waals surface area contributed by atoms with Gasteiger partial charge in [-0.05, 0) is 23.8 Å². The van der Waals surface area contributed by atoms with Crippen molar-refractivity contribution in [3.05, 3.63) is 78.9 Å². The number of hydrogen-bond donors (Lipinski definition) is 0. The molecular weight excluding hydrogens is 272 g/mol. The van der Waals surface area contributed by atoms with Gasteiger partial charge in [-0.15, -0.1) is 0 Å². The van der Waals surface area contributed by atoms with Crippen LogP contribution in [0.3, 0.4) is 0 Å². The lowest BCUT2D eigenvalue weighted by Gasteiger charge is -2.06. The first-order chi connectivity index (χ1) is 10.8. The fraction of sp³-hybridized carbons (Fsp3) is 0. The van der Waals surface area contributed by atoms with Crippen molar-refractivity contribution in [2.45, 2.75) is 0 Å². The zero-order valence-electron chi connectivity index (χ0n) is 11.8. The molecule has 22 heavy (non-hydrogen) atoms. The molecule has 0 saturated carbocycles. The molecule has 0 N–H and O–H groups in total. The van der Waals surface area contributed by atoms with Gasteiger partial charge in [0.15, 0.2) is 5.75 Å². The van der Waals surface area contributed by atoms with Gasteiger partial charge in [0.2, 0.25) is 0 Å². The average molecular weight is 285 g/mol. The van der Waals surface area contributed by atoms with Gasteiger partial charge in [-0.1, -0.05) is 60.7 Å². The Morgan fingerprint density at radius 2 is 1.41 bits per heavy atom. The summed E-state index contributed by atoms with van der Waals surface area (Å²) in [5, 5.41) is 13.8. The Balaban J connectivity index is 1.89. The van der Waals surface area contributed by atoms with E-state index in [4.69, 9.17) is 4.42 Å². The number of rotatable bonds is 2. The largest absolute Gasteiger partial charge is 0.456 e. The predicted octanol–water partition coefficient (Wildman–Crippen LogP) is 5.91. The van der Waals surface area contributed by atoms with Crippen LogP contribution in [0.4, 0.5) is 0 Å². The smallest absolute Gasteiger partial charge is 0.197 e. The molecule has 4 rings (SSSR count). The van der Waals surface area contributed by atoms with Crippen molar-refractivity contribution in [1.82, 2.24) is 0 Å². The van der Waals surface area contributed by atoms with Crippen molar-refractivity contribution < 1.29 is 9.52 Å². The van der Waals surface area contributed by atoms with Crippen LogP contribution >= 0.6 is 0 Å². The molecule has 1 aromatic heterocycles. The van der Waals surface area contributed by atoms with Gasteiger partial charge in [-0.25, -0.2) is 0 Å². The van der Waals surface area contributed by atoms with Crippen molar-refractivity contribution in [3.8, 4) is 28.2 Å². The maximum Gasteiger partial charge on any atom is 0.197 e. The topological polar surface area (TPSA) is 33.0 Å². The minimum absolute atomic E-state index is 0.00671. The Morgan fingerprint density at radius 1 is 0.682 bits per heavy atom. The third-order valence-electron chi connectivity index (χ3n) is 3.79. The van der Waals surface area contributed by atoms with Gasteiger partial charge in [0.1, 0.15) is 11.3 Å². The second kappa shape index (κ2) is 5.08. The highest BCUT2D eigenvalue weighted by Crippen LogP contribution is 2.40. The van der Waals surface area contributed by atoms with Crippen molar-refractivity contribution in [2.75, 3.05) is 0 Å². The standard InChI is InChI=1S/C20H13O2/c21-20-16(14-7-2-1-3-8-14)10-6-11-17(20)19-13-15-9-4-5-12-18(15)22-19/h1-13H. The van der Waals surface area contributed by atoms with Crippen molar-refractivity contribution in [3.63, 3.8) is 0 Å². The molecular formula is C20H13O2. The molecule has 0 unspecified atom stereocenters. The van der Waals surface area contributed by atoms with Crippen LogP contribution in [-0.2, 0) is 5.11 Å². The summed E-state index contributed by atoms with van der Waals surface area (Å²) in [5.41, 5.74) is 3.00. The molecule has 105 valence electrons. The monoisotopic (exact) mass is 285 g/mol. The first-order valence-corrected chi connectivity index (χ1v) is 7.17. The summed E-state index contributed by atoms with van der Waals surface area (Å²) in [5.74, 6) is 0.608. The Morgan fingerprint density at radius 3 is 2.23 bits per heavy atom. The second-order valence-electron chi connectivity index (χ2n) is 5.20. The molecule has 0 bridgehead atoms. The maximum atomic E-state index is 12.8. The SMILES string of the molecule is [O]c1c(-c2ccccc2)cccc1-c1cc2ccccc2o1. The molecule has 0 saturated heterocycles. The van der Waals surface area contributed by atoms with E-state index < -0.39 is 0 Å². The average Bonchev–Trinajstić information content (AvgIpc) is 2.99. The minimum atomic E-state index is -0.00671. The summed E-state index contributed by atoms with van der Waals surface area (Å²) in [7, 11) is 0. The van der Waals surface area contributed by atoms with E-state index in [-0.39, 0.29) is 5.75 Å². The lowest BCUT2D eigenvalue weighted by Crippen LogP contribution is -1.81. The van der Waals surface area contributed by atoms with Gasteiger partial charge < -0.3 is 4.42 Å². The lowest BCUT2D eigenvalue weighted by atomic mass is 10.0. The minimum Gasteiger partial charge on any atom is -0.456 e. The van der Waals surface area contributed by atoms with Gasteiger partial charge in [-0.3, -0.25) is 5.11 Å². The highest BCUT2D eigenvalue weighted by molar-refractivity contribution is 5.86. The van der Waals surface area contributed by atoms with Crippen molar-refractivity contribution in [1.29, 1.82) is 0 Å². The molecule has 2 heteroatoms. The van der Waals surface area contributed by atoms with Crippen LogP contribution in [0, 0.1) is 0 Å². The van der Waals surface area contributed by atoms with Crippen LogP contribution in [-0.4, -0.2) is 0 Å². The highest BCUT2D eigenvalue weighted by atomic mass is 16.3. The van der Waals surface area contributed by atoms with E-state index in [1.807, 2.05) is 78.9 Å². The van der Waals surface area contributed by atoms with Gasteiger partial charge in [-0.2, -0.15) is 0 Å². The zero-order chi connectivity index (χ0) is 14.9. The molecule has 2 nitrogen and oxygen atoms in total. The van der Waals surface area contributed by atoms with Gasteiger partial charge in [0, 0.05) is 10.9 Å². The van der Waals surface area contributed by atoms with E-state index in [1.54, 1.807) is 0 Å². The van der Waals surface area contributed by atoms with Crippen LogP contribution in [0.25, 0.3) is 33.4 Å². The Labute approximate surface area is 128 Å². The highest BCUT2D eigenvalue weighted by Gasteiger charge is 2.15. The first kappa shape index (κ1) is 12.7. The van der Waals surface area contributed by atoms with E-state index in [1.165, 1.54) is 0 Å². The number of benzene rings is 3. The first-order valence-electron chi connectivity index (χ1n) is 7.17. The molecule has 3 aromatic carbocycles. The number of para-hydroxylation sites is 2. The van der Waals surface area contributed by atoms with E-state index in [0.29, 0.717) is 16.9 Å². The molecule has 0 spiro atoms. The van der Waals surface area contributed by atoms with Gasteiger partial charge in [0.25, 0.3) is 0 Å². The number of fused-ring (bicyclic) bond motifs is 1. The van der Waals surface area contributed by atoms with Crippen molar-refractivity contribution >= 4 is 11.0 Å². The summed E-state index contributed by atoms with van der Waals surface area (Å²) in [6.07, 6.45) is 0. The molecule has 0 fully saturated rings. The summed E-state index contributed by atoms with van der Waals surface area (Å²) >= 11 is 0. The van der Waals surface area contributed by atoms with E-state index in [0.717, 1.165) is 16.5 Å². The fourth-order valence-corrected chi connectivity index (χ4v) is 2.69. The third kappa shape index (κ3) is 2.06. The zero-order valence-corrected chi connectivity index (χ0v) is 11.8. The van der Waals surface area contributed by atoms with Crippen LogP contribution in [0.2, 0.25) is 0 Å². The molecule has 0 aliphatic carbocycles.